The van der Waals surface area contributed by atoms with Crippen molar-refractivity contribution >= 4 is 23.4 Å². The summed E-state index contributed by atoms with van der Waals surface area (Å²) in [7, 11) is 2.88. The molecule has 0 fully saturated rings. The number of hydrogen-bond acceptors (Lipinski definition) is 5. The second-order valence-electron chi connectivity index (χ2n) is 5.81. The summed E-state index contributed by atoms with van der Waals surface area (Å²) in [6.45, 7) is 3.64. The zero-order valence-electron chi connectivity index (χ0n) is 15.5. The minimum Gasteiger partial charge on any atom is -0.493 e. The van der Waals surface area contributed by atoms with Gasteiger partial charge in [0.2, 0.25) is 0 Å². The SMILES string of the molecule is COc1cc(C(=O)NNC(=O)COc2cc(C)cc(C)c2)cc(Cl)c1OC. The molecule has 0 saturated heterocycles. The molecule has 2 rings (SSSR count). The summed E-state index contributed by atoms with van der Waals surface area (Å²) in [5.74, 6) is 0.147. The van der Waals surface area contributed by atoms with E-state index in [0.717, 1.165) is 11.1 Å². The van der Waals surface area contributed by atoms with Gasteiger partial charge in [0.1, 0.15) is 5.75 Å². The first kappa shape index (κ1) is 20.4. The average molecular weight is 393 g/mol. The monoisotopic (exact) mass is 392 g/mol. The zero-order valence-corrected chi connectivity index (χ0v) is 16.3. The molecule has 2 amide bonds. The molecule has 0 unspecified atom stereocenters. The third kappa shape index (κ3) is 5.52. The van der Waals surface area contributed by atoms with Crippen molar-refractivity contribution in [3.63, 3.8) is 0 Å². The lowest BCUT2D eigenvalue weighted by molar-refractivity contribution is -0.123. The minimum atomic E-state index is -0.558. The largest absolute Gasteiger partial charge is 0.493 e. The quantitative estimate of drug-likeness (QED) is 0.738. The molecule has 0 radical (unpaired) electrons. The Morgan fingerprint density at radius 1 is 0.963 bits per heavy atom. The lowest BCUT2D eigenvalue weighted by Gasteiger charge is -2.13. The molecular weight excluding hydrogens is 372 g/mol. The van der Waals surface area contributed by atoms with E-state index in [1.54, 1.807) is 0 Å². The van der Waals surface area contributed by atoms with Gasteiger partial charge in [-0.05, 0) is 49.2 Å². The molecule has 144 valence electrons. The van der Waals surface area contributed by atoms with Crippen LogP contribution >= 0.6 is 11.6 Å². The Morgan fingerprint density at radius 3 is 2.22 bits per heavy atom. The molecule has 0 bridgehead atoms. The van der Waals surface area contributed by atoms with Crippen LogP contribution in [0, 0.1) is 13.8 Å². The Balaban J connectivity index is 1.93. The second kappa shape index (κ2) is 9.14. The normalized spacial score (nSPS) is 10.1. The van der Waals surface area contributed by atoms with E-state index in [0.29, 0.717) is 17.2 Å². The molecule has 2 aromatic rings. The molecule has 0 aliphatic heterocycles. The Morgan fingerprint density at radius 2 is 1.63 bits per heavy atom. The van der Waals surface area contributed by atoms with Crippen LogP contribution in [-0.4, -0.2) is 32.6 Å². The Labute approximate surface area is 162 Å². The highest BCUT2D eigenvalue weighted by atomic mass is 35.5. The second-order valence-corrected chi connectivity index (χ2v) is 6.22. The molecular formula is C19H21ClN2O5. The standard InChI is InChI=1S/C19H21ClN2O5/c1-11-5-12(2)7-14(6-11)27-10-17(23)21-22-19(24)13-8-15(20)18(26-4)16(9-13)25-3/h5-9H,10H2,1-4H3,(H,21,23)(H,22,24). The van der Waals surface area contributed by atoms with Gasteiger partial charge in [-0.15, -0.1) is 0 Å². The van der Waals surface area contributed by atoms with Crippen molar-refractivity contribution in [3.05, 3.63) is 52.0 Å². The molecule has 0 heterocycles. The van der Waals surface area contributed by atoms with Crippen LogP contribution in [0.3, 0.4) is 0 Å². The molecule has 0 spiro atoms. The number of methoxy groups -OCH3 is 2. The van der Waals surface area contributed by atoms with Gasteiger partial charge in [0.25, 0.3) is 11.8 Å². The Hall–Kier alpha value is -2.93. The van der Waals surface area contributed by atoms with Gasteiger partial charge in [-0.3, -0.25) is 20.4 Å². The summed E-state index contributed by atoms with van der Waals surface area (Å²) < 4.78 is 15.7. The molecule has 0 aromatic heterocycles. The van der Waals surface area contributed by atoms with E-state index in [2.05, 4.69) is 10.9 Å². The first-order chi connectivity index (χ1) is 12.8. The summed E-state index contributed by atoms with van der Waals surface area (Å²) in [4.78, 5) is 24.1. The summed E-state index contributed by atoms with van der Waals surface area (Å²) in [5.41, 5.74) is 6.85. The molecule has 0 aliphatic carbocycles. The van der Waals surface area contributed by atoms with Gasteiger partial charge in [-0.2, -0.15) is 0 Å². The highest BCUT2D eigenvalue weighted by Crippen LogP contribution is 2.35. The third-order valence-corrected chi connectivity index (χ3v) is 3.86. The number of aryl methyl sites for hydroxylation is 2. The number of hydrazine groups is 1. The zero-order chi connectivity index (χ0) is 20.0. The molecule has 7 nitrogen and oxygen atoms in total. The predicted octanol–water partition coefficient (Wildman–Crippen LogP) is 2.81. The van der Waals surface area contributed by atoms with Gasteiger partial charge in [0.05, 0.1) is 19.2 Å². The lowest BCUT2D eigenvalue weighted by Crippen LogP contribution is -2.43. The van der Waals surface area contributed by atoms with Crippen molar-refractivity contribution in [2.75, 3.05) is 20.8 Å². The first-order valence-corrected chi connectivity index (χ1v) is 8.43. The number of carbonyl (C=O) groups is 2. The van der Waals surface area contributed by atoms with Gasteiger partial charge in [-0.1, -0.05) is 17.7 Å². The Kier molecular flexibility index (Phi) is 6.90. The molecule has 2 aromatic carbocycles. The summed E-state index contributed by atoms with van der Waals surface area (Å²) >= 11 is 6.07. The van der Waals surface area contributed by atoms with Crippen LogP contribution in [0.5, 0.6) is 17.2 Å². The van der Waals surface area contributed by atoms with Crippen LogP contribution in [0.2, 0.25) is 5.02 Å². The van der Waals surface area contributed by atoms with Crippen molar-refractivity contribution in [2.45, 2.75) is 13.8 Å². The van der Waals surface area contributed by atoms with Crippen molar-refractivity contribution in [1.29, 1.82) is 0 Å². The molecule has 0 atom stereocenters. The highest BCUT2D eigenvalue weighted by Gasteiger charge is 2.15. The maximum atomic E-state index is 12.2. The number of benzene rings is 2. The fraction of sp³-hybridized carbons (Fsp3) is 0.263. The van der Waals surface area contributed by atoms with E-state index in [1.807, 2.05) is 32.0 Å². The number of halogens is 1. The average Bonchev–Trinajstić information content (AvgIpc) is 2.62. The van der Waals surface area contributed by atoms with E-state index in [4.69, 9.17) is 25.8 Å². The van der Waals surface area contributed by atoms with Crippen LogP contribution in [0.4, 0.5) is 0 Å². The highest BCUT2D eigenvalue weighted by molar-refractivity contribution is 6.32. The minimum absolute atomic E-state index is 0.202. The number of carbonyl (C=O) groups excluding carboxylic acids is 2. The van der Waals surface area contributed by atoms with E-state index >= 15 is 0 Å². The van der Waals surface area contributed by atoms with Crippen LogP contribution in [-0.2, 0) is 4.79 Å². The topological polar surface area (TPSA) is 85.9 Å². The number of rotatable bonds is 6. The van der Waals surface area contributed by atoms with Gasteiger partial charge in [0, 0.05) is 5.56 Å². The van der Waals surface area contributed by atoms with E-state index in [9.17, 15) is 9.59 Å². The van der Waals surface area contributed by atoms with Crippen molar-refractivity contribution in [3.8, 4) is 17.2 Å². The number of ether oxygens (including phenoxy) is 3. The van der Waals surface area contributed by atoms with E-state index in [1.165, 1.54) is 26.4 Å². The molecule has 27 heavy (non-hydrogen) atoms. The van der Waals surface area contributed by atoms with Gasteiger partial charge in [-0.25, -0.2) is 0 Å². The number of amides is 2. The fourth-order valence-corrected chi connectivity index (χ4v) is 2.74. The Bertz CT molecular complexity index is 834. The van der Waals surface area contributed by atoms with Crippen LogP contribution in [0.1, 0.15) is 21.5 Å². The molecule has 8 heteroatoms. The van der Waals surface area contributed by atoms with Crippen LogP contribution in [0.25, 0.3) is 0 Å². The van der Waals surface area contributed by atoms with Crippen LogP contribution < -0.4 is 25.1 Å². The van der Waals surface area contributed by atoms with Gasteiger partial charge in [0.15, 0.2) is 18.1 Å². The third-order valence-electron chi connectivity index (χ3n) is 3.58. The fourth-order valence-electron chi connectivity index (χ4n) is 2.45. The van der Waals surface area contributed by atoms with E-state index < -0.39 is 11.8 Å². The maximum Gasteiger partial charge on any atom is 0.276 e. The van der Waals surface area contributed by atoms with Gasteiger partial charge >= 0.3 is 0 Å². The van der Waals surface area contributed by atoms with Crippen molar-refractivity contribution in [1.82, 2.24) is 10.9 Å². The first-order valence-electron chi connectivity index (χ1n) is 8.06. The molecule has 0 aliphatic rings. The van der Waals surface area contributed by atoms with Crippen molar-refractivity contribution in [2.24, 2.45) is 0 Å². The number of nitrogens with one attached hydrogen (secondary N) is 2. The summed E-state index contributed by atoms with van der Waals surface area (Å²) in [6, 6.07) is 8.52. The van der Waals surface area contributed by atoms with Crippen molar-refractivity contribution < 1.29 is 23.8 Å². The van der Waals surface area contributed by atoms with Gasteiger partial charge < -0.3 is 14.2 Å². The van der Waals surface area contributed by atoms with E-state index in [-0.39, 0.29) is 17.2 Å². The summed E-state index contributed by atoms with van der Waals surface area (Å²) in [6.07, 6.45) is 0. The van der Waals surface area contributed by atoms with Crippen LogP contribution in [0.15, 0.2) is 30.3 Å². The molecule has 0 saturated carbocycles. The lowest BCUT2D eigenvalue weighted by atomic mass is 10.1. The smallest absolute Gasteiger partial charge is 0.276 e. The number of hydrogen-bond donors (Lipinski definition) is 2. The predicted molar refractivity (Wildman–Crippen MR) is 102 cm³/mol. The maximum absolute atomic E-state index is 12.2. The summed E-state index contributed by atoms with van der Waals surface area (Å²) in [5, 5.41) is 0.214. The molecule has 2 N–H and O–H groups in total.